The third-order valence-electron chi connectivity index (χ3n) is 5.03. The molecule has 0 aliphatic heterocycles. The monoisotopic (exact) mass is 436 g/mol. The number of azo groups is 1. The molecule has 0 saturated carbocycles. The minimum atomic E-state index is 0.832. The zero-order valence-electron chi connectivity index (χ0n) is 15.6. The molecule has 0 fully saturated rings. The summed E-state index contributed by atoms with van der Waals surface area (Å²) in [5, 5.41) is 13.7. The Hall–Kier alpha value is -3.30. The van der Waals surface area contributed by atoms with E-state index in [2.05, 4.69) is 92.9 Å². The Morgan fingerprint density at radius 2 is 1.10 bits per heavy atom. The van der Waals surface area contributed by atoms with Gasteiger partial charge in [0.15, 0.2) is 0 Å². The Balaban J connectivity index is 1.50. The number of halogens is 1. The SMILES string of the molecule is Brc1ccc(/N=N/c2ccc(-c3cccc4cc5ccccc5cc34)cc2)cc1. The van der Waals surface area contributed by atoms with Crippen molar-refractivity contribution in [1.29, 1.82) is 0 Å². The van der Waals surface area contributed by atoms with Crippen LogP contribution >= 0.6 is 15.9 Å². The van der Waals surface area contributed by atoms with Gasteiger partial charge in [-0.15, -0.1) is 0 Å². The highest BCUT2D eigenvalue weighted by molar-refractivity contribution is 9.10. The lowest BCUT2D eigenvalue weighted by molar-refractivity contribution is 1.23. The molecule has 5 aromatic rings. The molecular weight excluding hydrogens is 420 g/mol. The van der Waals surface area contributed by atoms with E-state index in [4.69, 9.17) is 0 Å². The van der Waals surface area contributed by atoms with Gasteiger partial charge in [-0.25, -0.2) is 0 Å². The maximum Gasteiger partial charge on any atom is 0.0857 e. The third kappa shape index (κ3) is 3.69. The van der Waals surface area contributed by atoms with E-state index in [0.717, 1.165) is 15.8 Å². The Bertz CT molecular complexity index is 1340. The average molecular weight is 437 g/mol. The Morgan fingerprint density at radius 1 is 0.517 bits per heavy atom. The van der Waals surface area contributed by atoms with Crippen LogP contribution in [0.1, 0.15) is 0 Å². The minimum absolute atomic E-state index is 0.832. The van der Waals surface area contributed by atoms with Gasteiger partial charge in [0.1, 0.15) is 0 Å². The minimum Gasteiger partial charge on any atom is -0.151 e. The summed E-state index contributed by atoms with van der Waals surface area (Å²) >= 11 is 3.43. The van der Waals surface area contributed by atoms with Gasteiger partial charge >= 0.3 is 0 Å². The summed E-state index contributed by atoms with van der Waals surface area (Å²) in [6.45, 7) is 0. The van der Waals surface area contributed by atoms with Gasteiger partial charge in [-0.05, 0) is 81.2 Å². The molecule has 29 heavy (non-hydrogen) atoms. The van der Waals surface area contributed by atoms with Gasteiger partial charge in [0.25, 0.3) is 0 Å². The largest absolute Gasteiger partial charge is 0.151 e. The number of hydrogen-bond donors (Lipinski definition) is 0. The second kappa shape index (κ2) is 7.61. The Kier molecular flexibility index (Phi) is 4.66. The highest BCUT2D eigenvalue weighted by atomic mass is 79.9. The lowest BCUT2D eigenvalue weighted by atomic mass is 9.95. The molecule has 0 heterocycles. The van der Waals surface area contributed by atoms with Gasteiger partial charge in [-0.3, -0.25) is 0 Å². The molecule has 5 rings (SSSR count). The van der Waals surface area contributed by atoms with E-state index in [1.807, 2.05) is 36.4 Å². The number of fused-ring (bicyclic) bond motifs is 2. The van der Waals surface area contributed by atoms with Crippen LogP contribution in [0.4, 0.5) is 11.4 Å². The van der Waals surface area contributed by atoms with Crippen molar-refractivity contribution in [3.63, 3.8) is 0 Å². The first-order chi connectivity index (χ1) is 14.3. The fourth-order valence-electron chi connectivity index (χ4n) is 3.55. The van der Waals surface area contributed by atoms with E-state index in [1.165, 1.54) is 32.7 Å². The molecule has 3 heteroatoms. The Labute approximate surface area is 177 Å². The highest BCUT2D eigenvalue weighted by Gasteiger charge is 2.05. The second-order valence-electron chi connectivity index (χ2n) is 6.95. The molecule has 0 atom stereocenters. The fourth-order valence-corrected chi connectivity index (χ4v) is 3.81. The maximum absolute atomic E-state index is 4.35. The van der Waals surface area contributed by atoms with Gasteiger partial charge in [0, 0.05) is 4.47 Å². The van der Waals surface area contributed by atoms with E-state index < -0.39 is 0 Å². The summed E-state index contributed by atoms with van der Waals surface area (Å²) in [5.74, 6) is 0. The van der Waals surface area contributed by atoms with Crippen molar-refractivity contribution in [3.8, 4) is 11.1 Å². The number of rotatable bonds is 3. The van der Waals surface area contributed by atoms with Crippen molar-refractivity contribution in [2.45, 2.75) is 0 Å². The zero-order chi connectivity index (χ0) is 19.6. The first kappa shape index (κ1) is 17.8. The van der Waals surface area contributed by atoms with Crippen LogP contribution in [0.5, 0.6) is 0 Å². The van der Waals surface area contributed by atoms with Crippen molar-refractivity contribution in [3.05, 3.63) is 108 Å². The first-order valence-corrected chi connectivity index (χ1v) is 10.2. The molecule has 5 aromatic carbocycles. The van der Waals surface area contributed by atoms with E-state index in [9.17, 15) is 0 Å². The molecule has 0 N–H and O–H groups in total. The van der Waals surface area contributed by atoms with E-state index in [1.54, 1.807) is 0 Å². The molecule has 0 aliphatic carbocycles. The van der Waals surface area contributed by atoms with Crippen molar-refractivity contribution in [2.75, 3.05) is 0 Å². The lowest BCUT2D eigenvalue weighted by Crippen LogP contribution is -1.82. The van der Waals surface area contributed by atoms with Gasteiger partial charge in [-0.1, -0.05) is 70.5 Å². The quantitative estimate of drug-likeness (QED) is 0.199. The predicted octanol–water partition coefficient (Wildman–Crippen LogP) is 8.84. The van der Waals surface area contributed by atoms with Crippen LogP contribution in [0.25, 0.3) is 32.7 Å². The number of nitrogens with zero attached hydrogens (tertiary/aromatic N) is 2. The first-order valence-electron chi connectivity index (χ1n) is 9.45. The molecule has 2 nitrogen and oxygen atoms in total. The summed E-state index contributed by atoms with van der Waals surface area (Å²) in [4.78, 5) is 0. The van der Waals surface area contributed by atoms with Crippen LogP contribution < -0.4 is 0 Å². The second-order valence-corrected chi connectivity index (χ2v) is 7.87. The molecule has 0 radical (unpaired) electrons. The summed E-state index contributed by atoms with van der Waals surface area (Å²) < 4.78 is 1.03. The maximum atomic E-state index is 4.35. The third-order valence-corrected chi connectivity index (χ3v) is 5.56. The van der Waals surface area contributed by atoms with Crippen LogP contribution in [0.3, 0.4) is 0 Å². The molecule has 0 aromatic heterocycles. The molecule has 0 bridgehead atoms. The molecule has 0 aliphatic rings. The van der Waals surface area contributed by atoms with Crippen LogP contribution in [0, 0.1) is 0 Å². The molecular formula is C26H17BrN2. The van der Waals surface area contributed by atoms with Gasteiger partial charge < -0.3 is 0 Å². The van der Waals surface area contributed by atoms with Gasteiger partial charge in [0.2, 0.25) is 0 Å². The lowest BCUT2D eigenvalue weighted by Gasteiger charge is -2.09. The van der Waals surface area contributed by atoms with Crippen LogP contribution in [0.2, 0.25) is 0 Å². The fraction of sp³-hybridized carbons (Fsp3) is 0. The number of hydrogen-bond acceptors (Lipinski definition) is 2. The van der Waals surface area contributed by atoms with E-state index in [0.29, 0.717) is 0 Å². The topological polar surface area (TPSA) is 24.7 Å². The van der Waals surface area contributed by atoms with Crippen LogP contribution in [0.15, 0.2) is 118 Å². The summed E-state index contributed by atoms with van der Waals surface area (Å²) in [7, 11) is 0. The smallest absolute Gasteiger partial charge is 0.0857 e. The van der Waals surface area contributed by atoms with Crippen molar-refractivity contribution < 1.29 is 0 Å². The normalized spacial score (nSPS) is 11.5. The molecule has 0 amide bonds. The van der Waals surface area contributed by atoms with Crippen molar-refractivity contribution in [1.82, 2.24) is 0 Å². The summed E-state index contributed by atoms with van der Waals surface area (Å²) in [6.07, 6.45) is 0. The van der Waals surface area contributed by atoms with Gasteiger partial charge in [-0.2, -0.15) is 10.2 Å². The summed E-state index contributed by atoms with van der Waals surface area (Å²) in [6, 6.07) is 35.5. The number of benzene rings is 5. The van der Waals surface area contributed by atoms with Crippen molar-refractivity contribution in [2.24, 2.45) is 10.2 Å². The molecule has 0 unspecified atom stereocenters. The molecule has 0 saturated heterocycles. The zero-order valence-corrected chi connectivity index (χ0v) is 17.2. The van der Waals surface area contributed by atoms with E-state index in [-0.39, 0.29) is 0 Å². The van der Waals surface area contributed by atoms with Crippen LogP contribution in [-0.4, -0.2) is 0 Å². The standard InChI is InChI=1S/C26H17BrN2/c27-22-10-14-24(15-11-22)29-28-23-12-8-18(9-13-23)25-7-3-6-21-16-19-4-1-2-5-20(19)17-26(21)25/h1-17H/b29-28+. The molecule has 0 spiro atoms. The highest BCUT2D eigenvalue weighted by Crippen LogP contribution is 2.33. The molecule has 138 valence electrons. The Morgan fingerprint density at radius 3 is 1.79 bits per heavy atom. The van der Waals surface area contributed by atoms with Crippen LogP contribution in [-0.2, 0) is 0 Å². The van der Waals surface area contributed by atoms with E-state index >= 15 is 0 Å². The predicted molar refractivity (Wildman–Crippen MR) is 125 cm³/mol. The van der Waals surface area contributed by atoms with Crippen molar-refractivity contribution >= 4 is 48.8 Å². The average Bonchev–Trinajstić information content (AvgIpc) is 2.77. The summed E-state index contributed by atoms with van der Waals surface area (Å²) in [5.41, 5.74) is 4.07. The van der Waals surface area contributed by atoms with Gasteiger partial charge in [0.05, 0.1) is 11.4 Å².